The van der Waals surface area contributed by atoms with Crippen LogP contribution in [-0.4, -0.2) is 10.8 Å². The molecule has 19 heavy (non-hydrogen) atoms. The quantitative estimate of drug-likeness (QED) is 0.710. The molecule has 0 aliphatic heterocycles. The van der Waals surface area contributed by atoms with Crippen LogP contribution in [0.3, 0.4) is 0 Å². The van der Waals surface area contributed by atoms with E-state index >= 15 is 0 Å². The molecule has 0 N–H and O–H groups in total. The summed E-state index contributed by atoms with van der Waals surface area (Å²) in [7, 11) is 0. The molecule has 1 heterocycles. The molecular formula is C17H19NO. The Labute approximate surface area is 113 Å². The Bertz CT molecular complexity index is 698. The molecule has 1 aromatic heterocycles. The van der Waals surface area contributed by atoms with Crippen LogP contribution in [0, 0.1) is 19.3 Å². The monoisotopic (exact) mass is 253 g/mol. The number of aromatic nitrogens is 1. The zero-order valence-electron chi connectivity index (χ0n) is 12.0. The highest BCUT2D eigenvalue weighted by atomic mass is 16.1. The normalized spacial score (nSPS) is 17.6. The van der Waals surface area contributed by atoms with Gasteiger partial charge in [0.1, 0.15) is 0 Å². The molecule has 1 aliphatic rings. The maximum atomic E-state index is 12.4. The highest BCUT2D eigenvalue weighted by Crippen LogP contribution is 2.37. The minimum atomic E-state index is 0.0297. The minimum Gasteiger partial charge on any atom is -0.294 e. The van der Waals surface area contributed by atoms with Crippen LogP contribution < -0.4 is 0 Å². The van der Waals surface area contributed by atoms with Crippen LogP contribution in [0.2, 0.25) is 0 Å². The van der Waals surface area contributed by atoms with Crippen molar-refractivity contribution < 1.29 is 4.79 Å². The van der Waals surface area contributed by atoms with Gasteiger partial charge in [0.15, 0.2) is 5.78 Å². The summed E-state index contributed by atoms with van der Waals surface area (Å²) in [5.41, 5.74) is 5.20. The first-order chi connectivity index (χ1) is 8.87. The van der Waals surface area contributed by atoms with Crippen molar-refractivity contribution in [3.05, 3.63) is 40.6 Å². The van der Waals surface area contributed by atoms with E-state index in [-0.39, 0.29) is 11.2 Å². The molecular weight excluding hydrogens is 234 g/mol. The summed E-state index contributed by atoms with van der Waals surface area (Å²) >= 11 is 0. The van der Waals surface area contributed by atoms with Crippen LogP contribution in [0.5, 0.6) is 0 Å². The highest BCUT2D eigenvalue weighted by molar-refractivity contribution is 6.03. The summed E-state index contributed by atoms with van der Waals surface area (Å²) in [6, 6.07) is 6.27. The van der Waals surface area contributed by atoms with E-state index < -0.39 is 0 Å². The van der Waals surface area contributed by atoms with E-state index in [0.29, 0.717) is 6.42 Å². The van der Waals surface area contributed by atoms with E-state index in [1.807, 2.05) is 0 Å². The molecule has 2 heteroatoms. The first-order valence-electron chi connectivity index (χ1n) is 6.80. The Morgan fingerprint density at radius 2 is 1.89 bits per heavy atom. The van der Waals surface area contributed by atoms with Gasteiger partial charge in [0.05, 0.1) is 11.2 Å². The molecule has 0 saturated heterocycles. The first-order valence-corrected chi connectivity index (χ1v) is 6.80. The van der Waals surface area contributed by atoms with Crippen molar-refractivity contribution >= 4 is 16.7 Å². The van der Waals surface area contributed by atoms with Gasteiger partial charge in [0.25, 0.3) is 0 Å². The smallest absolute Gasteiger partial charge is 0.165 e. The van der Waals surface area contributed by atoms with E-state index in [9.17, 15) is 4.79 Å². The first kappa shape index (κ1) is 12.3. The van der Waals surface area contributed by atoms with Crippen molar-refractivity contribution in [3.63, 3.8) is 0 Å². The number of pyridine rings is 1. The molecule has 1 aromatic carbocycles. The highest BCUT2D eigenvalue weighted by Gasteiger charge is 2.33. The molecule has 2 aromatic rings. The minimum absolute atomic E-state index is 0.0297. The molecule has 0 atom stereocenters. The van der Waals surface area contributed by atoms with Gasteiger partial charge in [-0.1, -0.05) is 25.5 Å². The van der Waals surface area contributed by atoms with Gasteiger partial charge in [0.2, 0.25) is 0 Å². The third-order valence-corrected chi connectivity index (χ3v) is 4.04. The fraction of sp³-hybridized carbons (Fsp3) is 0.412. The van der Waals surface area contributed by atoms with Gasteiger partial charge < -0.3 is 0 Å². The number of fused-ring (bicyclic) bond motifs is 2. The van der Waals surface area contributed by atoms with E-state index in [4.69, 9.17) is 4.98 Å². The SMILES string of the molecule is Cc1ccc2nc3c(c(C)c2c1)C(=O)CC(C)(C)C3. The largest absolute Gasteiger partial charge is 0.294 e. The second-order valence-corrected chi connectivity index (χ2v) is 6.52. The Kier molecular flexibility index (Phi) is 2.53. The molecule has 2 nitrogen and oxygen atoms in total. The zero-order chi connectivity index (χ0) is 13.8. The number of nitrogens with zero attached hydrogens (tertiary/aromatic N) is 1. The zero-order valence-corrected chi connectivity index (χ0v) is 12.0. The number of ketones is 1. The summed E-state index contributed by atoms with van der Waals surface area (Å²) in [4.78, 5) is 17.2. The van der Waals surface area contributed by atoms with Crippen LogP contribution in [-0.2, 0) is 6.42 Å². The second-order valence-electron chi connectivity index (χ2n) is 6.52. The number of rotatable bonds is 0. The molecule has 3 rings (SSSR count). The van der Waals surface area contributed by atoms with Gasteiger partial charge in [-0.2, -0.15) is 0 Å². The Hall–Kier alpha value is -1.70. The summed E-state index contributed by atoms with van der Waals surface area (Å²) in [5.74, 6) is 0.250. The topological polar surface area (TPSA) is 30.0 Å². The van der Waals surface area contributed by atoms with Crippen molar-refractivity contribution in [2.24, 2.45) is 5.41 Å². The molecule has 1 aliphatic carbocycles. The van der Waals surface area contributed by atoms with Crippen molar-refractivity contribution in [2.75, 3.05) is 0 Å². The van der Waals surface area contributed by atoms with Gasteiger partial charge in [0, 0.05) is 17.4 Å². The van der Waals surface area contributed by atoms with Crippen LogP contribution in [0.25, 0.3) is 10.9 Å². The fourth-order valence-corrected chi connectivity index (χ4v) is 3.14. The van der Waals surface area contributed by atoms with Gasteiger partial charge in [-0.3, -0.25) is 9.78 Å². The summed E-state index contributed by atoms with van der Waals surface area (Å²) in [6.07, 6.45) is 1.51. The third kappa shape index (κ3) is 1.95. The number of hydrogen-bond donors (Lipinski definition) is 0. The summed E-state index contributed by atoms with van der Waals surface area (Å²) in [6.45, 7) is 8.41. The lowest BCUT2D eigenvalue weighted by Gasteiger charge is -2.30. The van der Waals surface area contributed by atoms with E-state index in [1.165, 1.54) is 5.56 Å². The van der Waals surface area contributed by atoms with Crippen LogP contribution >= 0.6 is 0 Å². The average molecular weight is 253 g/mol. The van der Waals surface area contributed by atoms with Crippen LogP contribution in [0.15, 0.2) is 18.2 Å². The van der Waals surface area contributed by atoms with Crippen molar-refractivity contribution in [1.29, 1.82) is 0 Å². The second kappa shape index (κ2) is 3.89. The molecule has 0 bridgehead atoms. The van der Waals surface area contributed by atoms with E-state index in [1.54, 1.807) is 0 Å². The van der Waals surface area contributed by atoms with Crippen LogP contribution in [0.4, 0.5) is 0 Å². The maximum absolute atomic E-state index is 12.4. The maximum Gasteiger partial charge on any atom is 0.165 e. The van der Waals surface area contributed by atoms with Gasteiger partial charge >= 0.3 is 0 Å². The Balaban J connectivity index is 2.33. The van der Waals surface area contributed by atoms with E-state index in [0.717, 1.165) is 34.1 Å². The molecule has 0 amide bonds. The average Bonchev–Trinajstić information content (AvgIpc) is 2.28. The summed E-state index contributed by atoms with van der Waals surface area (Å²) < 4.78 is 0. The number of aryl methyl sites for hydroxylation is 2. The summed E-state index contributed by atoms with van der Waals surface area (Å²) in [5, 5.41) is 1.12. The Morgan fingerprint density at radius 1 is 1.16 bits per heavy atom. The van der Waals surface area contributed by atoms with Gasteiger partial charge in [-0.15, -0.1) is 0 Å². The van der Waals surface area contributed by atoms with Gasteiger partial charge in [-0.05, 0) is 43.4 Å². The van der Waals surface area contributed by atoms with E-state index in [2.05, 4.69) is 45.9 Å². The predicted molar refractivity (Wildman–Crippen MR) is 77.6 cm³/mol. The lowest BCUT2D eigenvalue weighted by molar-refractivity contribution is 0.0910. The third-order valence-electron chi connectivity index (χ3n) is 4.04. The number of Topliss-reactive ketones (excluding diaryl/α,β-unsaturated/α-hetero) is 1. The molecule has 0 radical (unpaired) electrons. The van der Waals surface area contributed by atoms with Gasteiger partial charge in [-0.25, -0.2) is 0 Å². The lowest BCUT2D eigenvalue weighted by Crippen LogP contribution is -2.28. The number of hydrogen-bond acceptors (Lipinski definition) is 2. The molecule has 0 spiro atoms. The standard InChI is InChI=1S/C17H19NO/c1-10-5-6-13-12(7-10)11(2)16-14(18-13)8-17(3,4)9-15(16)19/h5-7H,8-9H2,1-4H3. The molecule has 0 unspecified atom stereocenters. The Morgan fingerprint density at radius 3 is 2.63 bits per heavy atom. The number of carbonyl (C=O) groups is 1. The van der Waals surface area contributed by atoms with Crippen molar-refractivity contribution in [1.82, 2.24) is 4.98 Å². The van der Waals surface area contributed by atoms with Crippen LogP contribution in [0.1, 0.15) is 47.4 Å². The predicted octanol–water partition coefficient (Wildman–Crippen LogP) is 4.01. The molecule has 98 valence electrons. The molecule has 0 fully saturated rings. The van der Waals surface area contributed by atoms with Crippen molar-refractivity contribution in [2.45, 2.75) is 40.5 Å². The fourth-order valence-electron chi connectivity index (χ4n) is 3.14. The number of benzene rings is 1. The lowest BCUT2D eigenvalue weighted by atomic mass is 9.74. The van der Waals surface area contributed by atoms with Crippen molar-refractivity contribution in [3.8, 4) is 0 Å². The molecule has 0 saturated carbocycles. The number of carbonyl (C=O) groups excluding carboxylic acids is 1.